The lowest BCUT2D eigenvalue weighted by Gasteiger charge is -2.13. The van der Waals surface area contributed by atoms with Gasteiger partial charge in [-0.1, -0.05) is 6.08 Å². The first-order valence-corrected chi connectivity index (χ1v) is 9.44. The Balaban J connectivity index is 2.35. The second-order valence-corrected chi connectivity index (χ2v) is 7.18. The maximum Gasteiger partial charge on any atom is 0.341 e. The molecule has 1 aromatic rings. The van der Waals surface area contributed by atoms with Crippen molar-refractivity contribution >= 4 is 57.5 Å². The lowest BCUT2D eigenvalue weighted by Crippen LogP contribution is -2.27. The molecule has 0 radical (unpaired) electrons. The molecule has 1 saturated heterocycles. The zero-order valence-corrected chi connectivity index (χ0v) is 16.8. The van der Waals surface area contributed by atoms with Crippen LogP contribution in [0.3, 0.4) is 0 Å². The SMILES string of the molecule is C=CCN1C(=O)S/C(=C/c2cc(I)c(OCC(=O)O)c(OCC)c2)C1=O. The highest BCUT2D eigenvalue weighted by molar-refractivity contribution is 14.1. The standard InChI is InChI=1S/C17H16INO6S/c1-3-5-19-16(22)13(26-17(19)23)8-10-6-11(18)15(25-9-14(20)21)12(7-10)24-4-2/h3,6-8H,1,4-5,9H2,2H3,(H,20,21)/b13-8+. The van der Waals surface area contributed by atoms with Gasteiger partial charge in [-0.3, -0.25) is 14.5 Å². The normalized spacial score (nSPS) is 15.5. The molecule has 1 aliphatic heterocycles. The van der Waals surface area contributed by atoms with Gasteiger partial charge in [0.25, 0.3) is 11.1 Å². The van der Waals surface area contributed by atoms with Gasteiger partial charge < -0.3 is 14.6 Å². The van der Waals surface area contributed by atoms with Crippen LogP contribution in [0.4, 0.5) is 4.79 Å². The van der Waals surface area contributed by atoms with E-state index in [1.165, 1.54) is 6.08 Å². The number of carboxylic acid groups (broad SMARTS) is 1. The molecule has 1 heterocycles. The van der Waals surface area contributed by atoms with Crippen LogP contribution in [0.15, 0.2) is 29.7 Å². The minimum Gasteiger partial charge on any atom is -0.490 e. The highest BCUT2D eigenvalue weighted by Gasteiger charge is 2.34. The van der Waals surface area contributed by atoms with E-state index in [9.17, 15) is 14.4 Å². The number of halogens is 1. The Morgan fingerprint density at radius 1 is 1.38 bits per heavy atom. The Bertz CT molecular complexity index is 792. The summed E-state index contributed by atoms with van der Waals surface area (Å²) in [6.07, 6.45) is 3.09. The van der Waals surface area contributed by atoms with Crippen molar-refractivity contribution in [3.05, 3.63) is 38.8 Å². The van der Waals surface area contributed by atoms with E-state index in [-0.39, 0.29) is 17.7 Å². The molecule has 2 rings (SSSR count). The van der Waals surface area contributed by atoms with Crippen LogP contribution in [-0.2, 0) is 9.59 Å². The van der Waals surface area contributed by atoms with Gasteiger partial charge in [0, 0.05) is 6.54 Å². The van der Waals surface area contributed by atoms with Gasteiger partial charge in [-0.25, -0.2) is 4.79 Å². The molecule has 2 amide bonds. The number of carbonyl (C=O) groups excluding carboxylic acids is 2. The van der Waals surface area contributed by atoms with Crippen molar-refractivity contribution in [2.24, 2.45) is 0 Å². The molecule has 1 aliphatic rings. The Morgan fingerprint density at radius 2 is 2.12 bits per heavy atom. The van der Waals surface area contributed by atoms with E-state index in [4.69, 9.17) is 14.6 Å². The second kappa shape index (κ2) is 9.08. The Labute approximate surface area is 168 Å². The Morgan fingerprint density at radius 3 is 2.73 bits per heavy atom. The summed E-state index contributed by atoms with van der Waals surface area (Å²) in [6, 6.07) is 3.37. The molecule has 7 nitrogen and oxygen atoms in total. The van der Waals surface area contributed by atoms with Crippen LogP contribution in [0.2, 0.25) is 0 Å². The van der Waals surface area contributed by atoms with E-state index in [2.05, 4.69) is 6.58 Å². The third-order valence-electron chi connectivity index (χ3n) is 3.15. The number of carbonyl (C=O) groups is 3. The maximum atomic E-state index is 12.3. The summed E-state index contributed by atoms with van der Waals surface area (Å²) in [5, 5.41) is 8.45. The first-order chi connectivity index (χ1) is 12.4. The quantitative estimate of drug-likeness (QED) is 0.340. The third-order valence-corrected chi connectivity index (χ3v) is 4.86. The zero-order chi connectivity index (χ0) is 19.3. The van der Waals surface area contributed by atoms with E-state index in [0.29, 0.717) is 32.1 Å². The summed E-state index contributed by atoms with van der Waals surface area (Å²) in [5.41, 5.74) is 0.643. The highest BCUT2D eigenvalue weighted by atomic mass is 127. The molecule has 138 valence electrons. The monoisotopic (exact) mass is 489 g/mol. The van der Waals surface area contributed by atoms with Gasteiger partial charge in [0.05, 0.1) is 15.1 Å². The topological polar surface area (TPSA) is 93.1 Å². The number of hydrogen-bond acceptors (Lipinski definition) is 6. The molecule has 0 aromatic heterocycles. The van der Waals surface area contributed by atoms with Crippen molar-refractivity contribution in [2.75, 3.05) is 19.8 Å². The number of rotatable bonds is 8. The van der Waals surface area contributed by atoms with Crippen LogP contribution >= 0.6 is 34.4 Å². The fraction of sp³-hybridized carbons (Fsp3) is 0.235. The predicted molar refractivity (Wildman–Crippen MR) is 106 cm³/mol. The number of carboxylic acids is 1. The number of ether oxygens (including phenoxy) is 2. The van der Waals surface area contributed by atoms with Crippen LogP contribution in [0.5, 0.6) is 11.5 Å². The van der Waals surface area contributed by atoms with Crippen LogP contribution in [0.25, 0.3) is 6.08 Å². The summed E-state index contributed by atoms with van der Waals surface area (Å²) in [7, 11) is 0. The number of hydrogen-bond donors (Lipinski definition) is 1. The van der Waals surface area contributed by atoms with Crippen molar-refractivity contribution in [1.82, 2.24) is 4.90 Å². The Hall–Kier alpha value is -2.01. The third kappa shape index (κ3) is 4.79. The second-order valence-electron chi connectivity index (χ2n) is 5.03. The number of aliphatic carboxylic acids is 1. The molecule has 0 unspecified atom stereocenters. The molecule has 9 heteroatoms. The minimum absolute atomic E-state index is 0.158. The molecule has 0 saturated carbocycles. The number of nitrogens with zero attached hydrogens (tertiary/aromatic N) is 1. The predicted octanol–water partition coefficient (Wildman–Crippen LogP) is 3.38. The minimum atomic E-state index is -1.09. The molecular formula is C17H16INO6S. The van der Waals surface area contributed by atoms with Crippen molar-refractivity contribution in [3.8, 4) is 11.5 Å². The van der Waals surface area contributed by atoms with E-state index < -0.39 is 12.6 Å². The van der Waals surface area contributed by atoms with Crippen molar-refractivity contribution in [1.29, 1.82) is 0 Å². The molecule has 1 N–H and O–H groups in total. The maximum absolute atomic E-state index is 12.3. The van der Waals surface area contributed by atoms with Gasteiger partial charge in [-0.2, -0.15) is 0 Å². The number of thioether (sulfide) groups is 1. The Kier molecular flexibility index (Phi) is 7.09. The summed E-state index contributed by atoms with van der Waals surface area (Å²) in [4.78, 5) is 36.3. The molecule has 0 spiro atoms. The van der Waals surface area contributed by atoms with Crippen LogP contribution in [-0.4, -0.2) is 46.9 Å². The fourth-order valence-corrected chi connectivity index (χ4v) is 3.78. The molecule has 0 atom stereocenters. The largest absolute Gasteiger partial charge is 0.490 e. The van der Waals surface area contributed by atoms with Crippen LogP contribution in [0, 0.1) is 3.57 Å². The summed E-state index contributed by atoms with van der Waals surface area (Å²) in [6.45, 7) is 5.36. The first kappa shape index (κ1) is 20.3. The zero-order valence-electron chi connectivity index (χ0n) is 13.9. The van der Waals surface area contributed by atoms with Gasteiger partial charge in [-0.15, -0.1) is 6.58 Å². The van der Waals surface area contributed by atoms with Gasteiger partial charge in [0.15, 0.2) is 18.1 Å². The summed E-state index contributed by atoms with van der Waals surface area (Å²) >= 11 is 2.86. The molecule has 1 aromatic carbocycles. The van der Waals surface area contributed by atoms with Crippen molar-refractivity contribution in [2.45, 2.75) is 6.92 Å². The average Bonchev–Trinajstić information content (AvgIpc) is 2.82. The van der Waals surface area contributed by atoms with E-state index in [1.807, 2.05) is 22.6 Å². The summed E-state index contributed by atoms with van der Waals surface area (Å²) in [5.74, 6) is -0.772. The van der Waals surface area contributed by atoms with Gasteiger partial charge in [0.1, 0.15) is 0 Å². The van der Waals surface area contributed by atoms with Crippen LogP contribution in [0.1, 0.15) is 12.5 Å². The van der Waals surface area contributed by atoms with Crippen molar-refractivity contribution in [3.63, 3.8) is 0 Å². The molecule has 1 fully saturated rings. The fourth-order valence-electron chi connectivity index (χ4n) is 2.15. The highest BCUT2D eigenvalue weighted by Crippen LogP contribution is 2.37. The van der Waals surface area contributed by atoms with Gasteiger partial charge >= 0.3 is 5.97 Å². The average molecular weight is 489 g/mol. The number of amides is 2. The molecular weight excluding hydrogens is 473 g/mol. The molecule has 0 bridgehead atoms. The summed E-state index contributed by atoms with van der Waals surface area (Å²) < 4.78 is 11.5. The molecule has 0 aliphatic carbocycles. The van der Waals surface area contributed by atoms with Gasteiger partial charge in [0.2, 0.25) is 0 Å². The van der Waals surface area contributed by atoms with E-state index >= 15 is 0 Å². The van der Waals surface area contributed by atoms with E-state index in [1.54, 1.807) is 25.1 Å². The van der Waals surface area contributed by atoms with Crippen LogP contribution < -0.4 is 9.47 Å². The van der Waals surface area contributed by atoms with E-state index in [0.717, 1.165) is 16.7 Å². The van der Waals surface area contributed by atoms with Crippen molar-refractivity contribution < 1.29 is 29.0 Å². The lowest BCUT2D eigenvalue weighted by atomic mass is 10.2. The lowest BCUT2D eigenvalue weighted by molar-refractivity contribution is -0.139. The molecule has 26 heavy (non-hydrogen) atoms. The number of imide groups is 1. The smallest absolute Gasteiger partial charge is 0.341 e. The number of benzene rings is 1. The van der Waals surface area contributed by atoms with Gasteiger partial charge in [-0.05, 0) is 65.0 Å². The first-order valence-electron chi connectivity index (χ1n) is 7.54.